The lowest BCUT2D eigenvalue weighted by molar-refractivity contribution is -0.304. The molecule has 2 aromatic rings. The van der Waals surface area contributed by atoms with E-state index in [9.17, 15) is 31.1 Å². The zero-order valence-corrected chi connectivity index (χ0v) is 18.9. The molecule has 0 spiro atoms. The van der Waals surface area contributed by atoms with Crippen molar-refractivity contribution in [3.05, 3.63) is 63.8 Å². The standard InChI is InChI=1S/C21H16Cl2F6O5/c1-31-10-14(18(30)32-2)13-6-4-3-5-11(13)9-33-12-7-15(22)17(16(23)8-12)34-21(28,29)19(24)20(25,26)27/h3-8,10,19H,9H2,1-2H3. The van der Waals surface area contributed by atoms with Crippen molar-refractivity contribution in [2.45, 2.75) is 25.1 Å². The number of ether oxygens (including phenoxy) is 4. The third-order valence-corrected chi connectivity index (χ3v) is 4.70. The second-order valence-electron chi connectivity index (χ2n) is 6.49. The first-order valence-electron chi connectivity index (χ1n) is 9.10. The van der Waals surface area contributed by atoms with Gasteiger partial charge in [0.1, 0.15) is 17.9 Å². The summed E-state index contributed by atoms with van der Waals surface area (Å²) in [7, 11) is 2.51. The van der Waals surface area contributed by atoms with E-state index in [-0.39, 0.29) is 17.9 Å². The summed E-state index contributed by atoms with van der Waals surface area (Å²) in [6.07, 6.45) is -14.6. The van der Waals surface area contributed by atoms with Crippen LogP contribution in [0.4, 0.5) is 26.3 Å². The average molecular weight is 533 g/mol. The molecule has 1 unspecified atom stereocenters. The lowest BCUT2D eigenvalue weighted by atomic mass is 10.0. The number of esters is 1. The van der Waals surface area contributed by atoms with Gasteiger partial charge in [-0.05, 0) is 11.1 Å². The van der Waals surface area contributed by atoms with E-state index >= 15 is 0 Å². The molecule has 1 atom stereocenters. The monoisotopic (exact) mass is 532 g/mol. The molecule has 2 rings (SSSR count). The van der Waals surface area contributed by atoms with Crippen molar-refractivity contribution in [1.29, 1.82) is 0 Å². The van der Waals surface area contributed by atoms with Crippen molar-refractivity contribution in [3.63, 3.8) is 0 Å². The summed E-state index contributed by atoms with van der Waals surface area (Å²) in [4.78, 5) is 12.1. The van der Waals surface area contributed by atoms with Gasteiger partial charge in [0.25, 0.3) is 6.17 Å². The summed E-state index contributed by atoms with van der Waals surface area (Å²) in [6, 6.07) is 8.37. The fourth-order valence-electron chi connectivity index (χ4n) is 2.62. The van der Waals surface area contributed by atoms with Crippen LogP contribution in [0.25, 0.3) is 5.57 Å². The van der Waals surface area contributed by atoms with E-state index in [0.717, 1.165) is 12.1 Å². The first kappa shape index (κ1) is 27.5. The minimum atomic E-state index is -5.88. The van der Waals surface area contributed by atoms with Crippen LogP contribution >= 0.6 is 23.2 Å². The molecule has 0 heterocycles. The second kappa shape index (κ2) is 11.1. The van der Waals surface area contributed by atoms with Crippen LogP contribution in [0.5, 0.6) is 11.5 Å². The summed E-state index contributed by atoms with van der Waals surface area (Å²) in [5.41, 5.74) is 0.951. The van der Waals surface area contributed by atoms with Gasteiger partial charge in [-0.2, -0.15) is 22.0 Å². The maximum absolute atomic E-state index is 13.6. The molecule has 0 bridgehead atoms. The van der Waals surface area contributed by atoms with Crippen LogP contribution in [0.2, 0.25) is 10.0 Å². The molecule has 13 heteroatoms. The Labute approximate surface area is 199 Å². The molecule has 0 aromatic heterocycles. The quantitative estimate of drug-likeness (QED) is 0.157. The number of halogens is 8. The summed E-state index contributed by atoms with van der Waals surface area (Å²) in [5.74, 6) is -1.83. The van der Waals surface area contributed by atoms with Crippen molar-refractivity contribution in [2.24, 2.45) is 0 Å². The van der Waals surface area contributed by atoms with Gasteiger partial charge in [-0.3, -0.25) is 0 Å². The van der Waals surface area contributed by atoms with Gasteiger partial charge in [0, 0.05) is 12.1 Å². The fourth-order valence-corrected chi connectivity index (χ4v) is 3.16. The van der Waals surface area contributed by atoms with E-state index in [1.807, 2.05) is 0 Å². The molecular weight excluding hydrogens is 517 g/mol. The third kappa shape index (κ3) is 6.63. The maximum atomic E-state index is 13.6. The first-order valence-corrected chi connectivity index (χ1v) is 9.86. The highest BCUT2D eigenvalue weighted by Gasteiger charge is 2.59. The highest BCUT2D eigenvalue weighted by Crippen LogP contribution is 2.43. The molecule has 0 N–H and O–H groups in total. The van der Waals surface area contributed by atoms with Gasteiger partial charge in [-0.25, -0.2) is 9.18 Å². The second-order valence-corrected chi connectivity index (χ2v) is 7.30. The molecule has 2 aromatic carbocycles. The van der Waals surface area contributed by atoms with Crippen LogP contribution < -0.4 is 9.47 Å². The van der Waals surface area contributed by atoms with Gasteiger partial charge in [-0.1, -0.05) is 47.5 Å². The summed E-state index contributed by atoms with van der Waals surface area (Å²) in [6.45, 7) is -0.183. The Morgan fingerprint density at radius 1 is 1.06 bits per heavy atom. The number of methoxy groups -OCH3 is 2. The molecule has 0 aliphatic rings. The van der Waals surface area contributed by atoms with E-state index < -0.39 is 40.2 Å². The minimum absolute atomic E-state index is 0.0802. The molecule has 34 heavy (non-hydrogen) atoms. The summed E-state index contributed by atoms with van der Waals surface area (Å²) in [5, 5.41) is -1.31. The van der Waals surface area contributed by atoms with E-state index in [4.69, 9.17) is 37.4 Å². The molecule has 5 nitrogen and oxygen atoms in total. The lowest BCUT2D eigenvalue weighted by Crippen LogP contribution is -2.45. The molecule has 0 radical (unpaired) electrons. The van der Waals surface area contributed by atoms with Crippen LogP contribution in [0, 0.1) is 0 Å². The number of carbonyl (C=O) groups is 1. The van der Waals surface area contributed by atoms with Crippen molar-refractivity contribution >= 4 is 34.7 Å². The van der Waals surface area contributed by atoms with Gasteiger partial charge >= 0.3 is 18.3 Å². The summed E-state index contributed by atoms with van der Waals surface area (Å²) < 4.78 is 96.3. The Kier molecular flexibility index (Phi) is 8.96. The highest BCUT2D eigenvalue weighted by molar-refractivity contribution is 6.37. The number of carbonyl (C=O) groups excluding carboxylic acids is 1. The number of benzene rings is 2. The van der Waals surface area contributed by atoms with Crippen LogP contribution in [0.15, 0.2) is 42.7 Å². The minimum Gasteiger partial charge on any atom is -0.503 e. The van der Waals surface area contributed by atoms with Crippen LogP contribution in [0.3, 0.4) is 0 Å². The Morgan fingerprint density at radius 2 is 1.65 bits per heavy atom. The Bertz CT molecular complexity index is 1040. The molecule has 0 fully saturated rings. The average Bonchev–Trinajstić information content (AvgIpc) is 2.77. The number of rotatable bonds is 9. The van der Waals surface area contributed by atoms with Crippen molar-refractivity contribution in [3.8, 4) is 11.5 Å². The molecule has 0 saturated heterocycles. The topological polar surface area (TPSA) is 54.0 Å². The van der Waals surface area contributed by atoms with E-state index in [0.29, 0.717) is 11.1 Å². The molecule has 0 aliphatic carbocycles. The molecule has 0 saturated carbocycles. The highest BCUT2D eigenvalue weighted by atomic mass is 35.5. The van der Waals surface area contributed by atoms with Gasteiger partial charge in [0.05, 0.1) is 30.5 Å². The maximum Gasteiger partial charge on any atom is 0.439 e. The largest absolute Gasteiger partial charge is 0.503 e. The Balaban J connectivity index is 2.27. The Morgan fingerprint density at radius 3 is 2.18 bits per heavy atom. The predicted octanol–water partition coefficient (Wildman–Crippen LogP) is 6.60. The smallest absolute Gasteiger partial charge is 0.439 e. The van der Waals surface area contributed by atoms with Crippen LogP contribution in [-0.4, -0.2) is 38.6 Å². The lowest BCUT2D eigenvalue weighted by Gasteiger charge is -2.24. The van der Waals surface area contributed by atoms with Gasteiger partial charge < -0.3 is 18.9 Å². The van der Waals surface area contributed by atoms with Crippen molar-refractivity contribution in [2.75, 3.05) is 14.2 Å². The fraction of sp³-hybridized carbons (Fsp3) is 0.286. The van der Waals surface area contributed by atoms with Gasteiger partial charge in [0.2, 0.25) is 0 Å². The van der Waals surface area contributed by atoms with E-state index in [1.54, 1.807) is 24.3 Å². The van der Waals surface area contributed by atoms with E-state index in [1.165, 1.54) is 20.5 Å². The molecule has 0 aliphatic heterocycles. The zero-order valence-electron chi connectivity index (χ0n) is 17.4. The van der Waals surface area contributed by atoms with Crippen molar-refractivity contribution in [1.82, 2.24) is 0 Å². The zero-order chi connectivity index (χ0) is 25.7. The van der Waals surface area contributed by atoms with Crippen molar-refractivity contribution < 1.29 is 50.1 Å². The number of alkyl halides is 6. The van der Waals surface area contributed by atoms with E-state index in [2.05, 4.69) is 4.74 Å². The number of hydrogen-bond acceptors (Lipinski definition) is 5. The summed E-state index contributed by atoms with van der Waals surface area (Å²) >= 11 is 11.6. The molecular formula is C21H16Cl2F6O5. The normalized spacial score (nSPS) is 13.3. The van der Waals surface area contributed by atoms with Gasteiger partial charge in [-0.15, -0.1) is 0 Å². The first-order chi connectivity index (χ1) is 15.8. The van der Waals surface area contributed by atoms with Crippen LogP contribution in [0.1, 0.15) is 11.1 Å². The van der Waals surface area contributed by atoms with Crippen LogP contribution in [-0.2, 0) is 20.9 Å². The van der Waals surface area contributed by atoms with Gasteiger partial charge in [0.15, 0.2) is 5.75 Å². The Hall–Kier alpha value is -2.79. The predicted molar refractivity (Wildman–Crippen MR) is 111 cm³/mol. The molecule has 0 amide bonds. The molecule has 186 valence electrons. The SMILES string of the molecule is COC=C(C(=O)OC)c1ccccc1COc1cc(Cl)c(OC(F)(F)C(F)C(F)(F)F)c(Cl)c1. The third-order valence-electron chi connectivity index (χ3n) is 4.14. The number of hydrogen-bond donors (Lipinski definition) is 0.